The molecule has 3 rings (SSSR count). The molecular weight excluding hydrogens is 348 g/mol. The lowest BCUT2D eigenvalue weighted by molar-refractivity contribution is 0.417. The first-order valence-electron chi connectivity index (χ1n) is 7.22. The average Bonchev–Trinajstić information content (AvgIpc) is 2.97. The molecule has 1 N–H and O–H groups in total. The Balaban J connectivity index is 1.95. The first-order chi connectivity index (χ1) is 11.5. The molecule has 0 bridgehead atoms. The largest absolute Gasteiger partial charge is 0.495 e. The number of aromatic nitrogens is 1. The smallest absolute Gasteiger partial charge is 0.262 e. The van der Waals surface area contributed by atoms with Gasteiger partial charge in [-0.2, -0.15) is 0 Å². The molecule has 0 aliphatic rings. The zero-order valence-electron chi connectivity index (χ0n) is 13.1. The van der Waals surface area contributed by atoms with Crippen LogP contribution in [0, 0.1) is 0 Å². The van der Waals surface area contributed by atoms with Gasteiger partial charge >= 0.3 is 0 Å². The molecule has 0 amide bonds. The highest BCUT2D eigenvalue weighted by Crippen LogP contribution is 2.28. The Morgan fingerprint density at radius 2 is 2.04 bits per heavy atom. The molecule has 0 aliphatic heterocycles. The molecule has 0 aliphatic carbocycles. The molecule has 8 heteroatoms. The first kappa shape index (κ1) is 16.7. The van der Waals surface area contributed by atoms with Crippen LogP contribution in [0.1, 0.15) is 6.92 Å². The van der Waals surface area contributed by atoms with E-state index in [2.05, 4.69) is 9.71 Å². The van der Waals surface area contributed by atoms with E-state index in [4.69, 9.17) is 9.15 Å². The number of benzene rings is 2. The van der Waals surface area contributed by atoms with Crippen LogP contribution in [0.3, 0.4) is 0 Å². The zero-order chi connectivity index (χ0) is 17.2. The van der Waals surface area contributed by atoms with E-state index in [1.165, 1.54) is 31.0 Å². The molecule has 0 saturated carbocycles. The third kappa shape index (κ3) is 3.34. The molecular formula is C16H16N2O4S2. The van der Waals surface area contributed by atoms with E-state index in [1.807, 2.05) is 6.92 Å². The minimum atomic E-state index is -3.76. The molecule has 0 spiro atoms. The summed E-state index contributed by atoms with van der Waals surface area (Å²) in [7, 11) is -2.27. The molecule has 126 valence electrons. The van der Waals surface area contributed by atoms with Crippen LogP contribution in [0.4, 0.5) is 5.69 Å². The van der Waals surface area contributed by atoms with Crippen LogP contribution in [-0.2, 0) is 10.0 Å². The summed E-state index contributed by atoms with van der Waals surface area (Å²) in [6.07, 6.45) is 0. The summed E-state index contributed by atoms with van der Waals surface area (Å²) < 4.78 is 38.5. The Labute approximate surface area is 144 Å². The number of sulfonamides is 1. The number of thioether (sulfide) groups is 1. The predicted molar refractivity (Wildman–Crippen MR) is 94.2 cm³/mol. The van der Waals surface area contributed by atoms with Crippen LogP contribution in [-0.4, -0.2) is 26.3 Å². The van der Waals surface area contributed by atoms with Crippen molar-refractivity contribution in [2.45, 2.75) is 17.0 Å². The van der Waals surface area contributed by atoms with E-state index < -0.39 is 10.0 Å². The van der Waals surface area contributed by atoms with Gasteiger partial charge in [0, 0.05) is 0 Å². The summed E-state index contributed by atoms with van der Waals surface area (Å²) in [4.78, 5) is 4.41. The first-order valence-corrected chi connectivity index (χ1v) is 9.69. The van der Waals surface area contributed by atoms with Crippen LogP contribution in [0.2, 0.25) is 0 Å². The van der Waals surface area contributed by atoms with Crippen molar-refractivity contribution in [3.8, 4) is 5.75 Å². The molecule has 0 saturated heterocycles. The highest BCUT2D eigenvalue weighted by molar-refractivity contribution is 7.99. The number of hydrogen-bond donors (Lipinski definition) is 1. The third-order valence-corrected chi connectivity index (χ3v) is 5.34. The van der Waals surface area contributed by atoms with E-state index in [9.17, 15) is 8.42 Å². The number of rotatable bonds is 6. The van der Waals surface area contributed by atoms with Crippen LogP contribution >= 0.6 is 11.8 Å². The quantitative estimate of drug-likeness (QED) is 0.671. The van der Waals surface area contributed by atoms with E-state index in [0.717, 1.165) is 5.75 Å². The second kappa shape index (κ2) is 6.74. The summed E-state index contributed by atoms with van der Waals surface area (Å²) >= 11 is 1.46. The Kier molecular flexibility index (Phi) is 4.68. The fraction of sp³-hybridized carbons (Fsp3) is 0.188. The van der Waals surface area contributed by atoms with Gasteiger partial charge in [0.1, 0.15) is 11.3 Å². The van der Waals surface area contributed by atoms with E-state index in [-0.39, 0.29) is 4.90 Å². The van der Waals surface area contributed by atoms with E-state index in [0.29, 0.717) is 27.8 Å². The van der Waals surface area contributed by atoms with Crippen LogP contribution in [0.5, 0.6) is 5.75 Å². The average molecular weight is 364 g/mol. The molecule has 0 unspecified atom stereocenters. The second-order valence-corrected chi connectivity index (χ2v) is 7.75. The molecule has 1 aromatic heterocycles. The standard InChI is InChI=1S/C16H16N2O4S2/c1-3-23-16-17-13-10-11(8-9-15(13)22-16)24(19,20)18-12-6-4-5-7-14(12)21-2/h4-10,18H,3H2,1-2H3. The Morgan fingerprint density at radius 1 is 1.25 bits per heavy atom. The van der Waals surface area contributed by atoms with Crippen LogP contribution in [0.25, 0.3) is 11.1 Å². The highest BCUT2D eigenvalue weighted by atomic mass is 32.2. The van der Waals surface area contributed by atoms with Gasteiger partial charge in [0.05, 0.1) is 17.7 Å². The highest BCUT2D eigenvalue weighted by Gasteiger charge is 2.18. The van der Waals surface area contributed by atoms with Crippen molar-refractivity contribution in [2.75, 3.05) is 17.6 Å². The maximum Gasteiger partial charge on any atom is 0.262 e. The van der Waals surface area contributed by atoms with Gasteiger partial charge in [0.2, 0.25) is 0 Å². The van der Waals surface area contributed by atoms with Crippen molar-refractivity contribution in [3.05, 3.63) is 42.5 Å². The van der Waals surface area contributed by atoms with Crippen molar-refractivity contribution >= 4 is 38.6 Å². The van der Waals surface area contributed by atoms with Gasteiger partial charge in [-0.1, -0.05) is 30.8 Å². The molecule has 24 heavy (non-hydrogen) atoms. The molecule has 2 aromatic carbocycles. The number of hydrogen-bond acceptors (Lipinski definition) is 6. The number of nitrogens with zero attached hydrogens (tertiary/aromatic N) is 1. The lowest BCUT2D eigenvalue weighted by Crippen LogP contribution is -2.13. The number of anilines is 1. The number of methoxy groups -OCH3 is 1. The summed E-state index contributed by atoms with van der Waals surface area (Å²) in [6.45, 7) is 1.99. The molecule has 0 fully saturated rings. The number of fused-ring (bicyclic) bond motifs is 1. The summed E-state index contributed by atoms with van der Waals surface area (Å²) in [5.74, 6) is 1.28. The Bertz CT molecular complexity index is 967. The van der Waals surface area contributed by atoms with Crippen LogP contribution < -0.4 is 9.46 Å². The van der Waals surface area contributed by atoms with Gasteiger partial charge in [-0.3, -0.25) is 4.72 Å². The summed E-state index contributed by atoms with van der Waals surface area (Å²) in [6, 6.07) is 11.4. The van der Waals surface area contributed by atoms with Crippen molar-refractivity contribution in [1.29, 1.82) is 0 Å². The minimum absolute atomic E-state index is 0.113. The van der Waals surface area contributed by atoms with Gasteiger partial charge in [-0.15, -0.1) is 0 Å². The third-order valence-electron chi connectivity index (χ3n) is 3.27. The molecule has 0 radical (unpaired) electrons. The van der Waals surface area contributed by atoms with Gasteiger partial charge < -0.3 is 9.15 Å². The van der Waals surface area contributed by atoms with Crippen molar-refractivity contribution in [1.82, 2.24) is 4.98 Å². The van der Waals surface area contributed by atoms with Crippen LogP contribution in [0.15, 0.2) is 57.0 Å². The van der Waals surface area contributed by atoms with Gasteiger partial charge in [0.15, 0.2) is 5.58 Å². The normalized spacial score (nSPS) is 11.6. The predicted octanol–water partition coefficient (Wildman–Crippen LogP) is 3.75. The molecule has 0 atom stereocenters. The molecule has 1 heterocycles. The van der Waals surface area contributed by atoms with E-state index in [1.54, 1.807) is 30.3 Å². The lowest BCUT2D eigenvalue weighted by atomic mass is 10.3. The Morgan fingerprint density at radius 3 is 2.79 bits per heavy atom. The van der Waals surface area contributed by atoms with Crippen molar-refractivity contribution in [3.63, 3.8) is 0 Å². The van der Waals surface area contributed by atoms with E-state index >= 15 is 0 Å². The minimum Gasteiger partial charge on any atom is -0.495 e. The zero-order valence-corrected chi connectivity index (χ0v) is 14.8. The van der Waals surface area contributed by atoms with Gasteiger partial charge in [-0.25, -0.2) is 13.4 Å². The Hall–Kier alpha value is -2.19. The topological polar surface area (TPSA) is 81.4 Å². The fourth-order valence-corrected chi connectivity index (χ4v) is 3.82. The maximum absolute atomic E-state index is 12.6. The van der Waals surface area contributed by atoms with Crippen molar-refractivity contribution in [2.24, 2.45) is 0 Å². The monoisotopic (exact) mass is 364 g/mol. The van der Waals surface area contributed by atoms with Crippen molar-refractivity contribution < 1.29 is 17.6 Å². The molecule has 6 nitrogen and oxygen atoms in total. The molecule has 3 aromatic rings. The van der Waals surface area contributed by atoms with Gasteiger partial charge in [0.25, 0.3) is 15.2 Å². The maximum atomic E-state index is 12.6. The number of nitrogens with one attached hydrogen (secondary N) is 1. The number of para-hydroxylation sites is 2. The fourth-order valence-electron chi connectivity index (χ4n) is 2.17. The number of oxazole rings is 1. The second-order valence-electron chi connectivity index (χ2n) is 4.85. The SMILES string of the molecule is CCSc1nc2cc(S(=O)(=O)Nc3ccccc3OC)ccc2o1. The number of ether oxygens (including phenoxy) is 1. The van der Waals surface area contributed by atoms with Gasteiger partial charge in [-0.05, 0) is 36.1 Å². The summed E-state index contributed by atoms with van der Waals surface area (Å²) in [5.41, 5.74) is 1.44. The summed E-state index contributed by atoms with van der Waals surface area (Å²) in [5, 5.41) is 0.528. The lowest BCUT2D eigenvalue weighted by Gasteiger charge is -2.11.